The Labute approximate surface area is 393 Å². The Balaban J connectivity index is -0.000000926. The molecule has 4 atom stereocenters. The van der Waals surface area contributed by atoms with Crippen molar-refractivity contribution in [3.8, 4) is 0 Å². The smallest absolute Gasteiger partial charge is 0.550 e. The summed E-state index contributed by atoms with van der Waals surface area (Å²) >= 11 is 15.5. The van der Waals surface area contributed by atoms with Crippen molar-refractivity contribution >= 4 is 113 Å². The van der Waals surface area contributed by atoms with Crippen LogP contribution in [0.2, 0.25) is 0 Å². The van der Waals surface area contributed by atoms with E-state index in [4.69, 9.17) is 0 Å². The SMILES string of the molecule is CCCCCCCCC(Br)C(Br)CCCCCCCCCCCC(=O)[O-].CCCCCCCCC(Br)C(Br)CCCCCCCCCCCC(=O)[O-].[Ca+2]. The van der Waals surface area contributed by atoms with Gasteiger partial charge in [-0.1, -0.05) is 257 Å². The van der Waals surface area contributed by atoms with Crippen molar-refractivity contribution in [1.29, 1.82) is 0 Å². The second-order valence-corrected chi connectivity index (χ2v) is 20.1. The minimum atomic E-state index is -0.909. The predicted molar refractivity (Wildman–Crippen MR) is 244 cm³/mol. The Hall–Kier alpha value is 2.12. The Morgan fingerprint density at radius 2 is 0.509 bits per heavy atom. The van der Waals surface area contributed by atoms with Gasteiger partial charge < -0.3 is 19.8 Å². The molecule has 0 heterocycles. The van der Waals surface area contributed by atoms with Crippen LogP contribution < -0.4 is 10.2 Å². The van der Waals surface area contributed by atoms with E-state index in [9.17, 15) is 19.8 Å². The second kappa shape index (κ2) is 48.5. The van der Waals surface area contributed by atoms with E-state index in [0.717, 1.165) is 25.7 Å². The fraction of sp³-hybridized carbons (Fsp3) is 0.955. The summed E-state index contributed by atoms with van der Waals surface area (Å²) in [6.45, 7) is 4.54. The molecular weight excluding hydrogens is 952 g/mol. The predicted octanol–water partition coefficient (Wildman–Crippen LogP) is 14.2. The first-order chi connectivity index (χ1) is 25.1. The van der Waals surface area contributed by atoms with Gasteiger partial charge in [0.25, 0.3) is 0 Å². The monoisotopic (exact) mass is 1030 g/mol. The van der Waals surface area contributed by atoms with Crippen LogP contribution in [0.1, 0.15) is 245 Å². The van der Waals surface area contributed by atoms with Crippen LogP contribution in [0.25, 0.3) is 0 Å². The molecule has 0 aromatic carbocycles. The zero-order chi connectivity index (χ0) is 38.9. The quantitative estimate of drug-likeness (QED) is 0.0348. The number of carboxylic acids is 2. The number of carbonyl (C=O) groups excluding carboxylic acids is 2. The maximum atomic E-state index is 10.3. The number of carboxylic acid groups (broad SMARTS) is 2. The minimum Gasteiger partial charge on any atom is -0.550 e. The van der Waals surface area contributed by atoms with Crippen molar-refractivity contribution in [2.45, 2.75) is 264 Å². The largest absolute Gasteiger partial charge is 2.00 e. The van der Waals surface area contributed by atoms with Gasteiger partial charge in [-0.3, -0.25) is 0 Å². The number of carbonyl (C=O) groups is 2. The van der Waals surface area contributed by atoms with Crippen molar-refractivity contribution in [3.63, 3.8) is 0 Å². The van der Waals surface area contributed by atoms with Gasteiger partial charge in [0.15, 0.2) is 0 Å². The Kier molecular flexibility index (Phi) is 54.4. The maximum absolute atomic E-state index is 10.3. The molecule has 0 fully saturated rings. The number of rotatable bonds is 40. The maximum Gasteiger partial charge on any atom is 2.00 e. The van der Waals surface area contributed by atoms with Crippen molar-refractivity contribution in [3.05, 3.63) is 0 Å². The molecule has 4 unspecified atom stereocenters. The van der Waals surface area contributed by atoms with E-state index >= 15 is 0 Å². The molecule has 0 spiro atoms. The van der Waals surface area contributed by atoms with Gasteiger partial charge >= 0.3 is 37.7 Å². The summed E-state index contributed by atoms with van der Waals surface area (Å²) in [7, 11) is 0. The molecular formula is C44H82Br4CaO4. The third-order valence-corrected chi connectivity index (χ3v) is 16.0. The molecule has 0 saturated carbocycles. The standard InChI is InChI=1S/2C22H42Br2O2.Ca/c2*1-2-3-4-5-11-14-17-20(23)21(24)18-15-12-9-7-6-8-10-13-16-19-22(25)26;/h2*20-21H,2-19H2,1H3,(H,25,26);/q;;+2/p-2. The van der Waals surface area contributed by atoms with E-state index in [2.05, 4.69) is 77.6 Å². The molecule has 0 aliphatic rings. The van der Waals surface area contributed by atoms with E-state index in [1.165, 1.54) is 193 Å². The van der Waals surface area contributed by atoms with Crippen LogP contribution in [-0.2, 0) is 9.59 Å². The molecule has 53 heavy (non-hydrogen) atoms. The molecule has 0 rings (SSSR count). The first-order valence-electron chi connectivity index (χ1n) is 22.1. The van der Waals surface area contributed by atoms with Crippen LogP contribution in [0.15, 0.2) is 0 Å². The molecule has 0 aliphatic carbocycles. The first-order valence-corrected chi connectivity index (χ1v) is 25.8. The summed E-state index contributed by atoms with van der Waals surface area (Å²) in [4.78, 5) is 23.1. The van der Waals surface area contributed by atoms with Gasteiger partial charge in [-0.25, -0.2) is 0 Å². The minimum absolute atomic E-state index is 0. The molecule has 0 radical (unpaired) electrons. The van der Waals surface area contributed by atoms with Crippen molar-refractivity contribution in [2.24, 2.45) is 0 Å². The van der Waals surface area contributed by atoms with Gasteiger partial charge in [-0.15, -0.1) is 0 Å². The molecule has 0 aromatic rings. The number of hydrogen-bond donors (Lipinski definition) is 0. The van der Waals surface area contributed by atoms with Crippen LogP contribution in [0, 0.1) is 0 Å². The van der Waals surface area contributed by atoms with Crippen LogP contribution in [-0.4, -0.2) is 69.0 Å². The zero-order valence-corrected chi connectivity index (χ0v) is 43.2. The molecule has 0 aromatic heterocycles. The van der Waals surface area contributed by atoms with Crippen molar-refractivity contribution in [1.82, 2.24) is 0 Å². The fourth-order valence-corrected chi connectivity index (χ4v) is 9.01. The van der Waals surface area contributed by atoms with Gasteiger partial charge in [0.1, 0.15) is 0 Å². The van der Waals surface area contributed by atoms with Crippen LogP contribution in [0.3, 0.4) is 0 Å². The van der Waals surface area contributed by atoms with Gasteiger partial charge in [0, 0.05) is 31.2 Å². The molecule has 0 amide bonds. The average molecular weight is 1030 g/mol. The summed E-state index contributed by atoms with van der Waals surface area (Å²) in [5.41, 5.74) is 0. The van der Waals surface area contributed by atoms with Crippen molar-refractivity contribution in [2.75, 3.05) is 0 Å². The number of aliphatic carboxylic acids is 2. The van der Waals surface area contributed by atoms with E-state index in [0.29, 0.717) is 19.3 Å². The van der Waals surface area contributed by atoms with E-state index < -0.39 is 11.9 Å². The first kappa shape index (κ1) is 59.4. The fourth-order valence-electron chi connectivity index (χ4n) is 6.65. The number of hydrogen-bond acceptors (Lipinski definition) is 4. The van der Waals surface area contributed by atoms with E-state index in [1.54, 1.807) is 0 Å². The summed E-state index contributed by atoms with van der Waals surface area (Å²) in [6, 6.07) is 0. The molecule has 4 nitrogen and oxygen atoms in total. The summed E-state index contributed by atoms with van der Waals surface area (Å²) in [6.07, 6.45) is 43.8. The van der Waals surface area contributed by atoms with Crippen LogP contribution in [0.5, 0.6) is 0 Å². The van der Waals surface area contributed by atoms with Gasteiger partial charge in [0.05, 0.1) is 0 Å². The van der Waals surface area contributed by atoms with Crippen molar-refractivity contribution < 1.29 is 19.8 Å². The summed E-state index contributed by atoms with van der Waals surface area (Å²) in [5.74, 6) is -1.82. The topological polar surface area (TPSA) is 80.3 Å². The van der Waals surface area contributed by atoms with E-state index in [-0.39, 0.29) is 50.6 Å². The Morgan fingerprint density at radius 1 is 0.340 bits per heavy atom. The zero-order valence-electron chi connectivity index (χ0n) is 34.6. The number of alkyl halides is 4. The van der Waals surface area contributed by atoms with E-state index in [1.807, 2.05) is 0 Å². The number of unbranched alkanes of at least 4 members (excludes halogenated alkanes) is 26. The third-order valence-electron chi connectivity index (χ3n) is 10.2. The molecule has 0 saturated heterocycles. The van der Waals surface area contributed by atoms with Gasteiger partial charge in [-0.05, 0) is 51.4 Å². The molecule has 0 N–H and O–H groups in total. The second-order valence-electron chi connectivity index (χ2n) is 15.4. The molecule has 9 heteroatoms. The molecule has 312 valence electrons. The number of halogens is 4. The van der Waals surface area contributed by atoms with Gasteiger partial charge in [-0.2, -0.15) is 0 Å². The summed E-state index contributed by atoms with van der Waals surface area (Å²) in [5, 5.41) is 20.6. The van der Waals surface area contributed by atoms with Crippen LogP contribution in [0.4, 0.5) is 0 Å². The Morgan fingerprint density at radius 3 is 0.698 bits per heavy atom. The molecule has 0 aliphatic heterocycles. The van der Waals surface area contributed by atoms with Crippen LogP contribution >= 0.6 is 63.7 Å². The average Bonchev–Trinajstić information content (AvgIpc) is 3.12. The van der Waals surface area contributed by atoms with Gasteiger partial charge in [0.2, 0.25) is 0 Å². The Bertz CT molecular complexity index is 688. The summed E-state index contributed by atoms with van der Waals surface area (Å²) < 4.78 is 0. The molecule has 0 bridgehead atoms. The third kappa shape index (κ3) is 50.2. The normalized spacial score (nSPS) is 13.4.